The number of likely N-dealkylation sites (tertiary alicyclic amines) is 1. The number of piperidine rings is 1. The first kappa shape index (κ1) is 20.4. The summed E-state index contributed by atoms with van der Waals surface area (Å²) in [6, 6.07) is 21.5. The van der Waals surface area contributed by atoms with Gasteiger partial charge in [0, 0.05) is 17.0 Å². The minimum Gasteiger partial charge on any atom is -0.303 e. The Morgan fingerprint density at radius 2 is 1.65 bits per heavy atom. The van der Waals surface area contributed by atoms with Gasteiger partial charge in [0.2, 0.25) is 0 Å². The lowest BCUT2D eigenvalue weighted by Crippen LogP contribution is -2.34. The van der Waals surface area contributed by atoms with Crippen LogP contribution in [-0.2, 0) is 6.42 Å². The summed E-state index contributed by atoms with van der Waals surface area (Å²) in [5.41, 5.74) is 5.24. The van der Waals surface area contributed by atoms with Crippen LogP contribution in [0.15, 0.2) is 78.9 Å². The first-order valence-corrected chi connectivity index (χ1v) is 12.4. The van der Waals surface area contributed by atoms with Gasteiger partial charge in [-0.25, -0.2) is 4.98 Å². The van der Waals surface area contributed by atoms with Crippen molar-refractivity contribution in [3.05, 3.63) is 95.0 Å². The van der Waals surface area contributed by atoms with Crippen molar-refractivity contribution < 1.29 is 0 Å². The highest BCUT2D eigenvalue weighted by Gasteiger charge is 2.27. The quantitative estimate of drug-likeness (QED) is 0.423. The average molecular weight is 427 g/mol. The first-order valence-electron chi connectivity index (χ1n) is 11.6. The van der Waals surface area contributed by atoms with E-state index in [0.717, 1.165) is 30.8 Å². The minimum absolute atomic E-state index is 0.620. The van der Waals surface area contributed by atoms with Gasteiger partial charge in [0.1, 0.15) is 5.01 Å². The molecular formula is C28H30N2S. The normalized spacial score (nSPS) is 17.6. The summed E-state index contributed by atoms with van der Waals surface area (Å²) in [7, 11) is 0. The molecule has 31 heavy (non-hydrogen) atoms. The molecule has 0 radical (unpaired) electrons. The highest BCUT2D eigenvalue weighted by molar-refractivity contribution is 7.15. The maximum atomic E-state index is 5.16. The van der Waals surface area contributed by atoms with E-state index in [1.165, 1.54) is 53.2 Å². The molecule has 0 atom stereocenters. The molecule has 5 rings (SSSR count). The number of nitrogens with zero attached hydrogens (tertiary/aromatic N) is 2. The standard InChI is InChI=1S/C28H30N2S/c1-4-10-22(11-5-1)16-19-30-20-17-24(18-21-30)27-26(23-12-6-2-7-13-23)29-28(31-27)25-14-8-3-9-15-25/h1,3-6,8-15,24H,2,7,16-21H2. The molecule has 0 amide bonds. The molecule has 1 aromatic heterocycles. The van der Waals surface area contributed by atoms with Gasteiger partial charge in [-0.15, -0.1) is 11.3 Å². The summed E-state index contributed by atoms with van der Waals surface area (Å²) in [6.07, 6.45) is 12.8. The SMILES string of the molecule is C1=CC(c2nc(-c3ccccc3)sc2C2CCN(CCc3ccccc3)CC2)=CCC1. The van der Waals surface area contributed by atoms with Crippen LogP contribution in [0.4, 0.5) is 0 Å². The summed E-state index contributed by atoms with van der Waals surface area (Å²) in [4.78, 5) is 9.30. The molecule has 0 N–H and O–H groups in total. The van der Waals surface area contributed by atoms with Crippen molar-refractivity contribution in [3.63, 3.8) is 0 Å². The van der Waals surface area contributed by atoms with Gasteiger partial charge in [-0.05, 0) is 62.2 Å². The third-order valence-electron chi connectivity index (χ3n) is 6.46. The van der Waals surface area contributed by atoms with Crippen LogP contribution in [0, 0.1) is 0 Å². The number of benzene rings is 2. The van der Waals surface area contributed by atoms with Crippen LogP contribution in [0.2, 0.25) is 0 Å². The Labute approximate surface area is 190 Å². The van der Waals surface area contributed by atoms with Crippen LogP contribution in [0.3, 0.4) is 0 Å². The van der Waals surface area contributed by atoms with E-state index in [-0.39, 0.29) is 0 Å². The molecule has 1 aliphatic heterocycles. The van der Waals surface area contributed by atoms with E-state index in [1.54, 1.807) is 0 Å². The van der Waals surface area contributed by atoms with Gasteiger partial charge in [-0.2, -0.15) is 0 Å². The number of hydrogen-bond donors (Lipinski definition) is 0. The Bertz CT molecular complexity index is 1040. The van der Waals surface area contributed by atoms with Crippen molar-refractivity contribution in [2.75, 3.05) is 19.6 Å². The Balaban J connectivity index is 1.32. The number of rotatable bonds is 6. The summed E-state index contributed by atoms with van der Waals surface area (Å²) in [5.74, 6) is 0.620. The highest BCUT2D eigenvalue weighted by Crippen LogP contribution is 2.41. The Morgan fingerprint density at radius 1 is 0.903 bits per heavy atom. The lowest BCUT2D eigenvalue weighted by molar-refractivity contribution is 0.215. The van der Waals surface area contributed by atoms with Gasteiger partial charge < -0.3 is 4.90 Å². The molecule has 2 aliphatic rings. The predicted octanol–water partition coefficient (Wildman–Crippen LogP) is 6.97. The molecule has 1 saturated heterocycles. The van der Waals surface area contributed by atoms with E-state index in [4.69, 9.17) is 4.98 Å². The van der Waals surface area contributed by atoms with Gasteiger partial charge in [0.25, 0.3) is 0 Å². The molecule has 1 fully saturated rings. The second-order valence-electron chi connectivity index (χ2n) is 8.59. The van der Waals surface area contributed by atoms with Gasteiger partial charge in [-0.1, -0.05) is 78.9 Å². The lowest BCUT2D eigenvalue weighted by atomic mass is 9.91. The summed E-state index contributed by atoms with van der Waals surface area (Å²) in [6.45, 7) is 3.53. The van der Waals surface area contributed by atoms with Crippen LogP contribution in [-0.4, -0.2) is 29.5 Å². The topological polar surface area (TPSA) is 16.1 Å². The van der Waals surface area contributed by atoms with Crippen molar-refractivity contribution >= 4 is 16.9 Å². The van der Waals surface area contributed by atoms with E-state index in [0.29, 0.717) is 5.92 Å². The average Bonchev–Trinajstić information content (AvgIpc) is 3.30. The van der Waals surface area contributed by atoms with Crippen molar-refractivity contribution in [3.8, 4) is 10.6 Å². The molecule has 2 aromatic carbocycles. The maximum absolute atomic E-state index is 5.16. The van der Waals surface area contributed by atoms with E-state index in [9.17, 15) is 0 Å². The molecule has 158 valence electrons. The van der Waals surface area contributed by atoms with Crippen LogP contribution in [0.25, 0.3) is 16.1 Å². The van der Waals surface area contributed by atoms with E-state index < -0.39 is 0 Å². The Morgan fingerprint density at radius 3 is 2.35 bits per heavy atom. The number of allylic oxidation sites excluding steroid dienone is 4. The molecule has 3 aromatic rings. The van der Waals surface area contributed by atoms with Crippen molar-refractivity contribution in [2.45, 2.75) is 38.0 Å². The monoisotopic (exact) mass is 426 g/mol. The lowest BCUT2D eigenvalue weighted by Gasteiger charge is -2.32. The summed E-state index contributed by atoms with van der Waals surface area (Å²) in [5, 5.41) is 1.16. The van der Waals surface area contributed by atoms with Crippen molar-refractivity contribution in [1.82, 2.24) is 9.88 Å². The zero-order valence-corrected chi connectivity index (χ0v) is 18.9. The van der Waals surface area contributed by atoms with Crippen LogP contribution in [0.5, 0.6) is 0 Å². The first-order chi connectivity index (χ1) is 15.4. The molecule has 0 unspecified atom stereocenters. The smallest absolute Gasteiger partial charge is 0.124 e. The van der Waals surface area contributed by atoms with E-state index >= 15 is 0 Å². The number of hydrogen-bond acceptors (Lipinski definition) is 3. The van der Waals surface area contributed by atoms with Gasteiger partial charge in [0.05, 0.1) is 5.69 Å². The zero-order valence-electron chi connectivity index (χ0n) is 18.0. The van der Waals surface area contributed by atoms with Gasteiger partial charge in [0.15, 0.2) is 0 Å². The molecule has 0 saturated carbocycles. The largest absolute Gasteiger partial charge is 0.303 e. The predicted molar refractivity (Wildman–Crippen MR) is 132 cm³/mol. The Hall–Kier alpha value is -2.49. The highest BCUT2D eigenvalue weighted by atomic mass is 32.1. The third kappa shape index (κ3) is 4.89. The van der Waals surface area contributed by atoms with Crippen LogP contribution < -0.4 is 0 Å². The molecule has 1 aliphatic carbocycles. The Kier molecular flexibility index (Phi) is 6.43. The fourth-order valence-electron chi connectivity index (χ4n) is 4.66. The third-order valence-corrected chi connectivity index (χ3v) is 7.73. The number of thiazole rings is 1. The minimum atomic E-state index is 0.620. The van der Waals surface area contributed by atoms with E-state index in [2.05, 4.69) is 83.8 Å². The van der Waals surface area contributed by atoms with Crippen molar-refractivity contribution in [2.24, 2.45) is 0 Å². The summed E-state index contributed by atoms with van der Waals surface area (Å²) >= 11 is 1.92. The molecule has 0 bridgehead atoms. The summed E-state index contributed by atoms with van der Waals surface area (Å²) < 4.78 is 0. The molecule has 0 spiro atoms. The second kappa shape index (κ2) is 9.76. The molecule has 3 heteroatoms. The van der Waals surface area contributed by atoms with Crippen LogP contribution >= 0.6 is 11.3 Å². The second-order valence-corrected chi connectivity index (χ2v) is 9.62. The van der Waals surface area contributed by atoms with Gasteiger partial charge >= 0.3 is 0 Å². The molecule has 2 heterocycles. The molecule has 2 nitrogen and oxygen atoms in total. The maximum Gasteiger partial charge on any atom is 0.124 e. The molecular weight excluding hydrogens is 396 g/mol. The van der Waals surface area contributed by atoms with Gasteiger partial charge in [-0.3, -0.25) is 0 Å². The zero-order chi connectivity index (χ0) is 20.9. The van der Waals surface area contributed by atoms with Crippen molar-refractivity contribution in [1.29, 1.82) is 0 Å². The fourth-order valence-corrected chi connectivity index (χ4v) is 5.92. The van der Waals surface area contributed by atoms with Crippen LogP contribution in [0.1, 0.15) is 47.7 Å². The fraction of sp³-hybridized carbons (Fsp3) is 0.321. The number of aromatic nitrogens is 1. The van der Waals surface area contributed by atoms with E-state index in [1.807, 2.05) is 11.3 Å².